The molecule has 0 aromatic heterocycles. The standard InChI is InChI=1S/C17H29N2O7/c1-6-24-13(21)7-11(25-16(22)14(18)9(2)3)12(8-20)26-17(23)15(19)10(4)5/h9-12,14-15H,6-7,18-19H2,1-5H3/t11?,12?,14-,15-/m0/s1. The monoisotopic (exact) mass is 373 g/mol. The van der Waals surface area contributed by atoms with Gasteiger partial charge in [0.15, 0.2) is 6.10 Å². The van der Waals surface area contributed by atoms with Gasteiger partial charge in [0.25, 0.3) is 0 Å². The summed E-state index contributed by atoms with van der Waals surface area (Å²) in [6, 6.07) is -1.96. The van der Waals surface area contributed by atoms with Gasteiger partial charge >= 0.3 is 17.9 Å². The quantitative estimate of drug-likeness (QED) is 0.372. The SMILES string of the molecule is CCOC(=O)CC(OC(=O)[C@@H](N)C(C)C)C([C]=O)OC(=O)[C@@H](N)C(C)C. The summed E-state index contributed by atoms with van der Waals surface area (Å²) in [5.74, 6) is -2.91. The largest absolute Gasteiger partial charge is 0.466 e. The first-order valence-corrected chi connectivity index (χ1v) is 8.50. The Kier molecular flexibility index (Phi) is 10.7. The van der Waals surface area contributed by atoms with Crippen molar-refractivity contribution >= 4 is 24.2 Å². The lowest BCUT2D eigenvalue weighted by atomic mass is 10.0. The molecule has 0 spiro atoms. The minimum atomic E-state index is -1.62. The van der Waals surface area contributed by atoms with E-state index in [0.717, 1.165) is 0 Å². The van der Waals surface area contributed by atoms with Gasteiger partial charge in [0.2, 0.25) is 12.4 Å². The van der Waals surface area contributed by atoms with Crippen LogP contribution >= 0.6 is 0 Å². The molecule has 9 heteroatoms. The van der Waals surface area contributed by atoms with Crippen molar-refractivity contribution in [2.75, 3.05) is 6.61 Å². The summed E-state index contributed by atoms with van der Waals surface area (Å²) in [5, 5.41) is 0. The van der Waals surface area contributed by atoms with Crippen molar-refractivity contribution in [2.24, 2.45) is 23.3 Å². The van der Waals surface area contributed by atoms with Crippen molar-refractivity contribution < 1.29 is 33.4 Å². The molecule has 0 aliphatic carbocycles. The molecule has 4 N–H and O–H groups in total. The molecule has 0 heterocycles. The molecule has 0 aliphatic heterocycles. The van der Waals surface area contributed by atoms with Crippen LogP contribution in [0.5, 0.6) is 0 Å². The lowest BCUT2D eigenvalue weighted by molar-refractivity contribution is -0.170. The van der Waals surface area contributed by atoms with E-state index in [1.165, 1.54) is 6.29 Å². The molecule has 26 heavy (non-hydrogen) atoms. The molecule has 4 atom stereocenters. The highest BCUT2D eigenvalue weighted by atomic mass is 16.6. The third kappa shape index (κ3) is 7.92. The zero-order valence-corrected chi connectivity index (χ0v) is 15.9. The fraction of sp³-hybridized carbons (Fsp3) is 0.765. The molecule has 2 unspecified atom stereocenters. The highest BCUT2D eigenvalue weighted by Gasteiger charge is 2.35. The zero-order valence-electron chi connectivity index (χ0n) is 15.9. The van der Waals surface area contributed by atoms with Crippen molar-refractivity contribution in [1.29, 1.82) is 0 Å². The van der Waals surface area contributed by atoms with Gasteiger partial charge in [-0.05, 0) is 18.8 Å². The van der Waals surface area contributed by atoms with Crippen molar-refractivity contribution in [3.05, 3.63) is 0 Å². The second-order valence-corrected chi connectivity index (χ2v) is 6.50. The van der Waals surface area contributed by atoms with Crippen LogP contribution in [0.2, 0.25) is 0 Å². The third-order valence-electron chi connectivity index (χ3n) is 3.62. The van der Waals surface area contributed by atoms with Crippen LogP contribution in [0, 0.1) is 11.8 Å². The molecule has 0 saturated carbocycles. The third-order valence-corrected chi connectivity index (χ3v) is 3.62. The van der Waals surface area contributed by atoms with Gasteiger partial charge in [0, 0.05) is 0 Å². The van der Waals surface area contributed by atoms with Gasteiger partial charge in [-0.15, -0.1) is 0 Å². The Morgan fingerprint density at radius 1 is 0.923 bits per heavy atom. The molecule has 0 rings (SSSR count). The normalized spacial score (nSPS) is 15.7. The van der Waals surface area contributed by atoms with E-state index in [0.29, 0.717) is 0 Å². The summed E-state index contributed by atoms with van der Waals surface area (Å²) in [5.41, 5.74) is 11.4. The number of carbonyl (C=O) groups excluding carboxylic acids is 4. The zero-order chi connectivity index (χ0) is 20.4. The topological polar surface area (TPSA) is 148 Å². The van der Waals surface area contributed by atoms with E-state index in [-0.39, 0.29) is 18.4 Å². The number of esters is 3. The molecule has 0 aromatic rings. The molecule has 0 saturated heterocycles. The molecule has 149 valence electrons. The summed E-state index contributed by atoms with van der Waals surface area (Å²) < 4.78 is 14.9. The van der Waals surface area contributed by atoms with Gasteiger partial charge < -0.3 is 25.7 Å². The predicted octanol–water partition coefficient (Wildman–Crippen LogP) is -0.160. The van der Waals surface area contributed by atoms with Gasteiger partial charge in [0.1, 0.15) is 12.1 Å². The first-order chi connectivity index (χ1) is 12.0. The van der Waals surface area contributed by atoms with E-state index in [1.54, 1.807) is 34.6 Å². The summed E-state index contributed by atoms with van der Waals surface area (Å²) in [4.78, 5) is 47.1. The van der Waals surface area contributed by atoms with Crippen molar-refractivity contribution in [3.63, 3.8) is 0 Å². The van der Waals surface area contributed by atoms with Crippen LogP contribution in [-0.4, -0.2) is 55.1 Å². The summed E-state index contributed by atoms with van der Waals surface area (Å²) in [7, 11) is 0. The van der Waals surface area contributed by atoms with Crippen LogP contribution in [0.4, 0.5) is 0 Å². The van der Waals surface area contributed by atoms with E-state index in [4.69, 9.17) is 25.7 Å². The number of rotatable bonds is 11. The molecular weight excluding hydrogens is 344 g/mol. The smallest absolute Gasteiger partial charge is 0.324 e. The first kappa shape index (κ1) is 24.0. The second kappa shape index (κ2) is 11.6. The maximum absolute atomic E-state index is 12.1. The van der Waals surface area contributed by atoms with Gasteiger partial charge in [-0.1, -0.05) is 27.7 Å². The van der Waals surface area contributed by atoms with Crippen molar-refractivity contribution in [3.8, 4) is 0 Å². The van der Waals surface area contributed by atoms with E-state index in [9.17, 15) is 19.2 Å². The Bertz CT molecular complexity index is 494. The summed E-state index contributed by atoms with van der Waals surface area (Å²) in [6.07, 6.45) is -2.05. The molecule has 0 aliphatic rings. The fourth-order valence-corrected chi connectivity index (χ4v) is 1.75. The van der Waals surface area contributed by atoms with Gasteiger partial charge in [0.05, 0.1) is 13.0 Å². The van der Waals surface area contributed by atoms with Crippen molar-refractivity contribution in [2.45, 2.75) is 65.3 Å². The van der Waals surface area contributed by atoms with E-state index in [1.807, 2.05) is 0 Å². The number of hydrogen-bond donors (Lipinski definition) is 2. The summed E-state index contributed by atoms with van der Waals surface area (Å²) >= 11 is 0. The van der Waals surface area contributed by atoms with Crippen LogP contribution in [0.1, 0.15) is 41.0 Å². The lowest BCUT2D eigenvalue weighted by Crippen LogP contribution is -2.46. The highest BCUT2D eigenvalue weighted by molar-refractivity contribution is 5.80. The van der Waals surface area contributed by atoms with Crippen LogP contribution < -0.4 is 11.5 Å². The van der Waals surface area contributed by atoms with E-state index >= 15 is 0 Å². The predicted molar refractivity (Wildman–Crippen MR) is 92.3 cm³/mol. The Balaban J connectivity index is 5.31. The Hall–Kier alpha value is -2.00. The molecule has 0 aromatic carbocycles. The minimum absolute atomic E-state index is 0.0957. The molecular formula is C17H29N2O7. The molecule has 0 bridgehead atoms. The number of ether oxygens (including phenoxy) is 3. The fourth-order valence-electron chi connectivity index (χ4n) is 1.75. The van der Waals surface area contributed by atoms with Crippen LogP contribution in [0.25, 0.3) is 0 Å². The molecule has 0 fully saturated rings. The highest BCUT2D eigenvalue weighted by Crippen LogP contribution is 2.14. The van der Waals surface area contributed by atoms with Crippen LogP contribution in [0.15, 0.2) is 0 Å². The number of hydrogen-bond acceptors (Lipinski definition) is 9. The number of carbonyl (C=O) groups is 3. The molecule has 0 amide bonds. The Labute approximate surface area is 153 Å². The maximum Gasteiger partial charge on any atom is 0.324 e. The molecule has 1 radical (unpaired) electrons. The Morgan fingerprint density at radius 3 is 1.77 bits per heavy atom. The summed E-state index contributed by atoms with van der Waals surface area (Å²) in [6.45, 7) is 8.50. The second-order valence-electron chi connectivity index (χ2n) is 6.50. The van der Waals surface area contributed by atoms with E-state index < -0.39 is 48.6 Å². The number of nitrogens with two attached hydrogens (primary N) is 2. The lowest BCUT2D eigenvalue weighted by Gasteiger charge is -2.25. The average molecular weight is 373 g/mol. The maximum atomic E-state index is 12.1. The van der Waals surface area contributed by atoms with Gasteiger partial charge in [-0.25, -0.2) is 0 Å². The van der Waals surface area contributed by atoms with Crippen LogP contribution in [-0.2, 0) is 33.4 Å². The van der Waals surface area contributed by atoms with Crippen molar-refractivity contribution in [1.82, 2.24) is 0 Å². The van der Waals surface area contributed by atoms with Crippen LogP contribution in [0.3, 0.4) is 0 Å². The van der Waals surface area contributed by atoms with Gasteiger partial charge in [-0.2, -0.15) is 0 Å². The molecule has 9 nitrogen and oxygen atoms in total. The van der Waals surface area contributed by atoms with E-state index in [2.05, 4.69) is 0 Å². The minimum Gasteiger partial charge on any atom is -0.466 e. The van der Waals surface area contributed by atoms with Gasteiger partial charge in [-0.3, -0.25) is 19.2 Å². The Morgan fingerprint density at radius 2 is 1.38 bits per heavy atom. The average Bonchev–Trinajstić information content (AvgIpc) is 2.57. The first-order valence-electron chi connectivity index (χ1n) is 8.50.